The van der Waals surface area contributed by atoms with Crippen molar-refractivity contribution < 1.29 is 4.74 Å². The van der Waals surface area contributed by atoms with E-state index in [2.05, 4.69) is 49.5 Å². The van der Waals surface area contributed by atoms with E-state index in [1.165, 1.54) is 11.1 Å². The predicted molar refractivity (Wildman–Crippen MR) is 80.2 cm³/mol. The van der Waals surface area contributed by atoms with E-state index in [1.807, 2.05) is 0 Å². The smallest absolute Gasteiger partial charge is 0.109 e. The highest BCUT2D eigenvalue weighted by Crippen LogP contribution is 2.19. The zero-order valence-electron chi connectivity index (χ0n) is 12.1. The summed E-state index contributed by atoms with van der Waals surface area (Å²) in [5.41, 5.74) is 2.83. The summed E-state index contributed by atoms with van der Waals surface area (Å²) in [4.78, 5) is 0. The number of allylic oxidation sites excluding steroid dienone is 1. The fraction of sp³-hybridized carbons (Fsp3) is 0.529. The predicted octanol–water partition coefficient (Wildman–Crippen LogP) is 3.60. The van der Waals surface area contributed by atoms with Gasteiger partial charge in [-0.25, -0.2) is 0 Å². The molecule has 0 spiro atoms. The second-order valence-electron chi connectivity index (χ2n) is 5.17. The van der Waals surface area contributed by atoms with Crippen molar-refractivity contribution in [3.63, 3.8) is 0 Å². The number of ether oxygens (including phenoxy) is 1. The number of likely N-dealkylation sites (N-methyl/N-ethyl adjacent to an activating group) is 1. The molecule has 0 saturated carbocycles. The summed E-state index contributed by atoms with van der Waals surface area (Å²) in [6, 6.07) is 9.02. The van der Waals surface area contributed by atoms with Gasteiger partial charge in [-0.1, -0.05) is 31.2 Å². The van der Waals surface area contributed by atoms with Gasteiger partial charge < -0.3 is 10.1 Å². The van der Waals surface area contributed by atoms with Crippen molar-refractivity contribution in [1.29, 1.82) is 0 Å². The molecule has 1 unspecified atom stereocenters. The lowest BCUT2D eigenvalue weighted by atomic mass is 9.99. The molecule has 1 aromatic rings. The molecule has 0 aromatic heterocycles. The summed E-state index contributed by atoms with van der Waals surface area (Å²) in [6.45, 7) is 6.20. The Morgan fingerprint density at radius 1 is 1.32 bits per heavy atom. The van der Waals surface area contributed by atoms with Crippen LogP contribution in [0.2, 0.25) is 0 Å². The van der Waals surface area contributed by atoms with Crippen LogP contribution in [0.15, 0.2) is 36.1 Å². The molecule has 2 rings (SSSR count). The molecule has 104 valence electrons. The fourth-order valence-corrected chi connectivity index (χ4v) is 2.60. The third-order valence-electron chi connectivity index (χ3n) is 3.72. The van der Waals surface area contributed by atoms with Gasteiger partial charge in [-0.05, 0) is 56.4 Å². The van der Waals surface area contributed by atoms with Crippen molar-refractivity contribution in [1.82, 2.24) is 5.32 Å². The SMILES string of the molecule is CCNC(CCc1ccccc1C)C1=CCCCO1. The molecule has 0 saturated heterocycles. The molecule has 1 aliphatic rings. The number of hydrogen-bond acceptors (Lipinski definition) is 2. The van der Waals surface area contributed by atoms with Crippen LogP contribution in [-0.2, 0) is 11.2 Å². The molecule has 0 amide bonds. The van der Waals surface area contributed by atoms with Crippen molar-refractivity contribution in [3.05, 3.63) is 47.2 Å². The van der Waals surface area contributed by atoms with E-state index in [4.69, 9.17) is 4.74 Å². The first-order chi connectivity index (χ1) is 9.31. The Labute approximate surface area is 116 Å². The third kappa shape index (κ3) is 4.10. The molecule has 0 aliphatic carbocycles. The van der Waals surface area contributed by atoms with Crippen LogP contribution in [0.5, 0.6) is 0 Å². The molecule has 0 bridgehead atoms. The second-order valence-corrected chi connectivity index (χ2v) is 5.17. The van der Waals surface area contributed by atoms with Crippen molar-refractivity contribution in [3.8, 4) is 0 Å². The van der Waals surface area contributed by atoms with Crippen molar-refractivity contribution in [2.75, 3.05) is 13.2 Å². The van der Waals surface area contributed by atoms with Gasteiger partial charge in [-0.3, -0.25) is 0 Å². The molecule has 0 radical (unpaired) electrons. The molecule has 1 atom stereocenters. The Morgan fingerprint density at radius 3 is 2.84 bits per heavy atom. The molecule has 2 nitrogen and oxygen atoms in total. The van der Waals surface area contributed by atoms with Crippen LogP contribution in [0.3, 0.4) is 0 Å². The lowest BCUT2D eigenvalue weighted by Gasteiger charge is -2.24. The minimum atomic E-state index is 0.366. The first-order valence-corrected chi connectivity index (χ1v) is 7.42. The second kappa shape index (κ2) is 7.34. The Kier molecular flexibility index (Phi) is 5.46. The Balaban J connectivity index is 1.97. The summed E-state index contributed by atoms with van der Waals surface area (Å²) < 4.78 is 5.81. The summed E-state index contributed by atoms with van der Waals surface area (Å²) >= 11 is 0. The number of aryl methyl sites for hydroxylation is 2. The highest BCUT2D eigenvalue weighted by Gasteiger charge is 2.17. The van der Waals surface area contributed by atoms with Crippen molar-refractivity contribution in [2.45, 2.75) is 45.6 Å². The Hall–Kier alpha value is -1.28. The van der Waals surface area contributed by atoms with Crippen LogP contribution in [0, 0.1) is 6.92 Å². The maximum atomic E-state index is 5.81. The third-order valence-corrected chi connectivity index (χ3v) is 3.72. The molecule has 19 heavy (non-hydrogen) atoms. The van der Waals surface area contributed by atoms with Crippen LogP contribution in [0.25, 0.3) is 0 Å². The molecule has 2 heteroatoms. The van der Waals surface area contributed by atoms with Crippen LogP contribution in [-0.4, -0.2) is 19.2 Å². The number of rotatable bonds is 6. The molecule has 1 heterocycles. The van der Waals surface area contributed by atoms with Crippen LogP contribution in [0.4, 0.5) is 0 Å². The van der Waals surface area contributed by atoms with Crippen LogP contribution < -0.4 is 5.32 Å². The summed E-state index contributed by atoms with van der Waals surface area (Å²) in [6.07, 6.45) is 6.77. The van der Waals surface area contributed by atoms with Gasteiger partial charge in [0.05, 0.1) is 12.6 Å². The van der Waals surface area contributed by atoms with Gasteiger partial charge in [0.1, 0.15) is 5.76 Å². The quantitative estimate of drug-likeness (QED) is 0.843. The average molecular weight is 259 g/mol. The standard InChI is InChI=1S/C17H25NO/c1-3-18-16(17-10-6-7-13-19-17)12-11-15-9-5-4-8-14(15)2/h4-5,8-10,16,18H,3,6-7,11-13H2,1-2H3. The highest BCUT2D eigenvalue weighted by molar-refractivity contribution is 5.26. The van der Waals surface area contributed by atoms with Gasteiger partial charge in [0.2, 0.25) is 0 Å². The van der Waals surface area contributed by atoms with E-state index in [-0.39, 0.29) is 0 Å². The largest absolute Gasteiger partial charge is 0.497 e. The van der Waals surface area contributed by atoms with Gasteiger partial charge in [0.25, 0.3) is 0 Å². The van der Waals surface area contributed by atoms with Gasteiger partial charge in [0, 0.05) is 0 Å². The van der Waals surface area contributed by atoms with Gasteiger partial charge in [0.15, 0.2) is 0 Å². The summed E-state index contributed by atoms with van der Waals surface area (Å²) in [7, 11) is 0. The van der Waals surface area contributed by atoms with Crippen LogP contribution >= 0.6 is 0 Å². The molecule has 1 aliphatic heterocycles. The van der Waals surface area contributed by atoms with Gasteiger partial charge in [-0.15, -0.1) is 0 Å². The number of nitrogens with one attached hydrogen (secondary N) is 1. The van der Waals surface area contributed by atoms with E-state index in [1.54, 1.807) is 0 Å². The molecule has 1 N–H and O–H groups in total. The van der Waals surface area contributed by atoms with E-state index in [9.17, 15) is 0 Å². The zero-order chi connectivity index (χ0) is 13.5. The topological polar surface area (TPSA) is 21.3 Å². The minimum absolute atomic E-state index is 0.366. The molecule has 0 fully saturated rings. The highest BCUT2D eigenvalue weighted by atomic mass is 16.5. The first kappa shape index (κ1) is 14.1. The maximum Gasteiger partial charge on any atom is 0.109 e. The van der Waals surface area contributed by atoms with Gasteiger partial charge in [-0.2, -0.15) is 0 Å². The van der Waals surface area contributed by atoms with Gasteiger partial charge >= 0.3 is 0 Å². The van der Waals surface area contributed by atoms with Crippen molar-refractivity contribution in [2.24, 2.45) is 0 Å². The summed E-state index contributed by atoms with van der Waals surface area (Å²) in [5.74, 6) is 1.15. The van der Waals surface area contributed by atoms with Crippen LogP contribution in [0.1, 0.15) is 37.3 Å². The zero-order valence-corrected chi connectivity index (χ0v) is 12.1. The number of hydrogen-bond donors (Lipinski definition) is 1. The Bertz CT molecular complexity index is 425. The summed E-state index contributed by atoms with van der Waals surface area (Å²) in [5, 5.41) is 3.55. The molecular formula is C17H25NO. The number of benzene rings is 1. The van der Waals surface area contributed by atoms with Crippen molar-refractivity contribution >= 4 is 0 Å². The first-order valence-electron chi connectivity index (χ1n) is 7.42. The lowest BCUT2D eigenvalue weighted by Crippen LogP contribution is -2.33. The fourth-order valence-electron chi connectivity index (χ4n) is 2.60. The van der Waals surface area contributed by atoms with E-state index in [0.29, 0.717) is 6.04 Å². The monoisotopic (exact) mass is 259 g/mol. The molecule has 1 aromatic carbocycles. The minimum Gasteiger partial charge on any atom is -0.497 e. The Morgan fingerprint density at radius 2 is 2.16 bits per heavy atom. The average Bonchev–Trinajstić information content (AvgIpc) is 2.46. The van der Waals surface area contributed by atoms with E-state index >= 15 is 0 Å². The van der Waals surface area contributed by atoms with E-state index < -0.39 is 0 Å². The normalized spacial score (nSPS) is 16.6. The maximum absolute atomic E-state index is 5.81. The molecular weight excluding hydrogens is 234 g/mol. The lowest BCUT2D eigenvalue weighted by molar-refractivity contribution is 0.165. The van der Waals surface area contributed by atoms with E-state index in [0.717, 1.165) is 44.6 Å².